The Kier molecular flexibility index (Phi) is 3.63. The molecule has 2 aromatic carbocycles. The molecule has 1 atom stereocenters. The van der Waals surface area contributed by atoms with Gasteiger partial charge in [-0.25, -0.2) is 0 Å². The Labute approximate surface area is 125 Å². The van der Waals surface area contributed by atoms with Gasteiger partial charge in [-0.1, -0.05) is 45.7 Å². The first kappa shape index (κ1) is 13.1. The summed E-state index contributed by atoms with van der Waals surface area (Å²) in [4.78, 5) is 0. The summed E-state index contributed by atoms with van der Waals surface area (Å²) in [6.45, 7) is 1.28. The number of halogens is 2. The molecule has 0 amide bonds. The van der Waals surface area contributed by atoms with Crippen LogP contribution in [0, 0.1) is 0 Å². The summed E-state index contributed by atoms with van der Waals surface area (Å²) in [6, 6.07) is 11.4. The lowest BCUT2D eigenvalue weighted by Crippen LogP contribution is -2.01. The summed E-state index contributed by atoms with van der Waals surface area (Å²) >= 11 is 9.40. The Morgan fingerprint density at radius 2 is 1.84 bits per heavy atom. The van der Waals surface area contributed by atoms with Crippen LogP contribution in [0.15, 0.2) is 40.9 Å². The van der Waals surface area contributed by atoms with E-state index < -0.39 is 6.10 Å². The molecule has 0 fully saturated rings. The SMILES string of the molecule is OC(c1cc(Cl)cc(Br)c1)c1ccc2c(c1)COC2. The number of aliphatic hydroxyl groups is 1. The van der Waals surface area contributed by atoms with Gasteiger partial charge in [0.1, 0.15) is 6.10 Å². The van der Waals surface area contributed by atoms with Crippen molar-refractivity contribution in [2.45, 2.75) is 19.3 Å². The molecule has 0 radical (unpaired) electrons. The first-order chi connectivity index (χ1) is 9.13. The van der Waals surface area contributed by atoms with Crippen LogP contribution in [-0.2, 0) is 18.0 Å². The molecule has 0 saturated carbocycles. The molecule has 0 saturated heterocycles. The van der Waals surface area contributed by atoms with Gasteiger partial charge in [-0.2, -0.15) is 0 Å². The lowest BCUT2D eigenvalue weighted by Gasteiger charge is -2.13. The van der Waals surface area contributed by atoms with Crippen LogP contribution in [-0.4, -0.2) is 5.11 Å². The number of hydrogen-bond donors (Lipinski definition) is 1. The highest BCUT2D eigenvalue weighted by atomic mass is 79.9. The van der Waals surface area contributed by atoms with Gasteiger partial charge in [-0.05, 0) is 40.5 Å². The van der Waals surface area contributed by atoms with E-state index in [1.165, 1.54) is 5.56 Å². The minimum absolute atomic E-state index is 0.605. The van der Waals surface area contributed by atoms with Gasteiger partial charge >= 0.3 is 0 Å². The van der Waals surface area contributed by atoms with Gasteiger partial charge in [0.2, 0.25) is 0 Å². The summed E-state index contributed by atoms with van der Waals surface area (Å²) in [6.07, 6.45) is -0.680. The zero-order valence-corrected chi connectivity index (χ0v) is 12.4. The summed E-state index contributed by atoms with van der Waals surface area (Å²) in [5.41, 5.74) is 3.98. The van der Waals surface area contributed by atoms with Crippen molar-refractivity contribution >= 4 is 27.5 Å². The number of aliphatic hydroxyl groups excluding tert-OH is 1. The number of hydrogen-bond acceptors (Lipinski definition) is 2. The Hall–Kier alpha value is -0.870. The largest absolute Gasteiger partial charge is 0.384 e. The van der Waals surface area contributed by atoms with E-state index in [1.807, 2.05) is 24.3 Å². The molecule has 1 aliphatic heterocycles. The molecule has 0 spiro atoms. The average Bonchev–Trinajstić information content (AvgIpc) is 2.83. The Morgan fingerprint density at radius 3 is 2.63 bits per heavy atom. The molecule has 0 aliphatic carbocycles. The topological polar surface area (TPSA) is 29.5 Å². The minimum atomic E-state index is -0.680. The predicted molar refractivity (Wildman–Crippen MR) is 78.1 cm³/mol. The van der Waals surface area contributed by atoms with Crippen molar-refractivity contribution in [1.82, 2.24) is 0 Å². The number of rotatable bonds is 2. The second-order valence-electron chi connectivity index (χ2n) is 4.63. The molecule has 1 N–H and O–H groups in total. The average molecular weight is 340 g/mol. The smallest absolute Gasteiger partial charge is 0.104 e. The molecular weight excluding hydrogens is 328 g/mol. The van der Waals surface area contributed by atoms with E-state index in [1.54, 1.807) is 12.1 Å². The summed E-state index contributed by atoms with van der Waals surface area (Å²) < 4.78 is 6.24. The molecule has 2 nitrogen and oxygen atoms in total. The van der Waals surface area contributed by atoms with Gasteiger partial charge in [0, 0.05) is 9.50 Å². The van der Waals surface area contributed by atoms with Crippen LogP contribution in [0.2, 0.25) is 5.02 Å². The zero-order valence-electron chi connectivity index (χ0n) is 10.1. The number of ether oxygens (including phenoxy) is 1. The highest BCUT2D eigenvalue weighted by Crippen LogP contribution is 2.30. The van der Waals surface area contributed by atoms with E-state index >= 15 is 0 Å². The summed E-state index contributed by atoms with van der Waals surface area (Å²) in [5, 5.41) is 11.1. The van der Waals surface area contributed by atoms with E-state index in [0.29, 0.717) is 18.2 Å². The monoisotopic (exact) mass is 338 g/mol. The molecule has 3 rings (SSSR count). The van der Waals surface area contributed by atoms with Crippen LogP contribution in [0.25, 0.3) is 0 Å². The lowest BCUT2D eigenvalue weighted by molar-refractivity contribution is 0.134. The second kappa shape index (κ2) is 5.25. The van der Waals surface area contributed by atoms with Crippen LogP contribution in [0.3, 0.4) is 0 Å². The van der Waals surface area contributed by atoms with E-state index in [2.05, 4.69) is 15.9 Å². The van der Waals surface area contributed by atoms with Crippen molar-refractivity contribution in [3.05, 3.63) is 68.1 Å². The molecule has 1 unspecified atom stereocenters. The van der Waals surface area contributed by atoms with Crippen LogP contribution in [0.1, 0.15) is 28.4 Å². The molecule has 0 aromatic heterocycles. The van der Waals surface area contributed by atoms with E-state index in [0.717, 1.165) is 21.2 Å². The van der Waals surface area contributed by atoms with Gasteiger partial charge in [-0.3, -0.25) is 0 Å². The van der Waals surface area contributed by atoms with Crippen molar-refractivity contribution in [2.75, 3.05) is 0 Å². The highest BCUT2D eigenvalue weighted by molar-refractivity contribution is 9.10. The maximum absolute atomic E-state index is 10.5. The van der Waals surface area contributed by atoms with Crippen LogP contribution in [0.4, 0.5) is 0 Å². The second-order valence-corrected chi connectivity index (χ2v) is 5.98. The lowest BCUT2D eigenvalue weighted by atomic mass is 9.98. The molecule has 0 bridgehead atoms. The third-order valence-corrected chi connectivity index (χ3v) is 3.94. The van der Waals surface area contributed by atoms with Crippen LogP contribution < -0.4 is 0 Å². The standard InChI is InChI=1S/C15H12BrClO2/c16-13-4-11(5-14(17)6-13)15(18)9-1-2-10-7-19-8-12(10)3-9/h1-6,15,18H,7-8H2. The van der Waals surface area contributed by atoms with Gasteiger partial charge in [0.25, 0.3) is 0 Å². The van der Waals surface area contributed by atoms with Crippen molar-refractivity contribution in [2.24, 2.45) is 0 Å². The van der Waals surface area contributed by atoms with Gasteiger partial charge in [-0.15, -0.1) is 0 Å². The zero-order chi connectivity index (χ0) is 13.4. The van der Waals surface area contributed by atoms with Crippen molar-refractivity contribution < 1.29 is 9.84 Å². The van der Waals surface area contributed by atoms with Crippen molar-refractivity contribution in [1.29, 1.82) is 0 Å². The first-order valence-corrected chi connectivity index (χ1v) is 7.14. The van der Waals surface area contributed by atoms with Gasteiger partial charge in [0.05, 0.1) is 13.2 Å². The minimum Gasteiger partial charge on any atom is -0.384 e. The van der Waals surface area contributed by atoms with E-state index in [4.69, 9.17) is 16.3 Å². The molecule has 19 heavy (non-hydrogen) atoms. The van der Waals surface area contributed by atoms with E-state index in [9.17, 15) is 5.11 Å². The molecule has 1 aliphatic rings. The summed E-state index contributed by atoms with van der Waals surface area (Å²) in [5.74, 6) is 0. The first-order valence-electron chi connectivity index (χ1n) is 5.97. The van der Waals surface area contributed by atoms with Crippen molar-refractivity contribution in [3.8, 4) is 0 Å². The Bertz CT molecular complexity index is 607. The maximum Gasteiger partial charge on any atom is 0.104 e. The molecule has 2 aromatic rings. The Balaban J connectivity index is 1.97. The third-order valence-electron chi connectivity index (χ3n) is 3.26. The fourth-order valence-electron chi connectivity index (χ4n) is 2.29. The predicted octanol–water partition coefficient (Wildman–Crippen LogP) is 4.21. The fraction of sp³-hybridized carbons (Fsp3) is 0.200. The van der Waals surface area contributed by atoms with Crippen molar-refractivity contribution in [3.63, 3.8) is 0 Å². The molecule has 98 valence electrons. The highest BCUT2D eigenvalue weighted by Gasteiger charge is 2.16. The molecular formula is C15H12BrClO2. The van der Waals surface area contributed by atoms with Crippen LogP contribution in [0.5, 0.6) is 0 Å². The van der Waals surface area contributed by atoms with Gasteiger partial charge in [0.15, 0.2) is 0 Å². The normalized spacial score (nSPS) is 15.3. The number of benzene rings is 2. The summed E-state index contributed by atoms with van der Waals surface area (Å²) in [7, 11) is 0. The third kappa shape index (κ3) is 2.70. The maximum atomic E-state index is 10.5. The number of fused-ring (bicyclic) bond motifs is 1. The Morgan fingerprint density at radius 1 is 1.05 bits per heavy atom. The quantitative estimate of drug-likeness (QED) is 0.888. The van der Waals surface area contributed by atoms with Crippen LogP contribution >= 0.6 is 27.5 Å². The molecule has 1 heterocycles. The molecule has 4 heteroatoms. The van der Waals surface area contributed by atoms with E-state index in [-0.39, 0.29) is 0 Å². The fourth-order valence-corrected chi connectivity index (χ4v) is 3.17. The van der Waals surface area contributed by atoms with Gasteiger partial charge < -0.3 is 9.84 Å².